The van der Waals surface area contributed by atoms with Gasteiger partial charge >= 0.3 is 0 Å². The van der Waals surface area contributed by atoms with Crippen molar-refractivity contribution in [3.63, 3.8) is 0 Å². The Balaban J connectivity index is 1.50. The smallest absolute Gasteiger partial charge is 0.0159 e. The van der Waals surface area contributed by atoms with Crippen molar-refractivity contribution >= 4 is 21.5 Å². The van der Waals surface area contributed by atoms with Gasteiger partial charge < -0.3 is 0 Å². The van der Waals surface area contributed by atoms with Gasteiger partial charge in [0.25, 0.3) is 0 Å². The Morgan fingerprint density at radius 2 is 0.805 bits per heavy atom. The van der Waals surface area contributed by atoms with Gasteiger partial charge in [-0.25, -0.2) is 0 Å². The number of hydrogen-bond donors (Lipinski definition) is 0. The van der Waals surface area contributed by atoms with Crippen LogP contribution in [0.4, 0.5) is 0 Å². The summed E-state index contributed by atoms with van der Waals surface area (Å²) in [5, 5.41) is 5.21. The van der Waals surface area contributed by atoms with Gasteiger partial charge in [-0.3, -0.25) is 0 Å². The fourth-order valence-corrected chi connectivity index (χ4v) is 7.05. The summed E-state index contributed by atoms with van der Waals surface area (Å²) < 4.78 is 0. The number of fused-ring (bicyclic) bond motifs is 5. The van der Waals surface area contributed by atoms with E-state index in [2.05, 4.69) is 159 Å². The lowest BCUT2D eigenvalue weighted by molar-refractivity contribution is 0.661. The van der Waals surface area contributed by atoms with Crippen molar-refractivity contribution in [2.45, 2.75) is 19.3 Å². The molecule has 0 radical (unpaired) electrons. The average molecular weight is 523 g/mol. The lowest BCUT2D eigenvalue weighted by Gasteiger charge is -2.24. The van der Waals surface area contributed by atoms with Crippen LogP contribution in [0.25, 0.3) is 66.1 Å². The van der Waals surface area contributed by atoms with Crippen LogP contribution in [0.1, 0.15) is 25.0 Å². The quantitative estimate of drug-likeness (QED) is 0.202. The van der Waals surface area contributed by atoms with Crippen molar-refractivity contribution in [2.75, 3.05) is 0 Å². The molecule has 1 aliphatic rings. The molecule has 0 heteroatoms. The monoisotopic (exact) mass is 522 g/mol. The maximum atomic E-state index is 2.51. The summed E-state index contributed by atoms with van der Waals surface area (Å²) in [7, 11) is 0. The van der Waals surface area contributed by atoms with Gasteiger partial charge in [0, 0.05) is 5.41 Å². The van der Waals surface area contributed by atoms with Crippen molar-refractivity contribution < 1.29 is 0 Å². The molecule has 0 atom stereocenters. The molecule has 0 saturated carbocycles. The Morgan fingerprint density at radius 3 is 1.37 bits per heavy atom. The van der Waals surface area contributed by atoms with Crippen LogP contribution >= 0.6 is 0 Å². The summed E-state index contributed by atoms with van der Waals surface area (Å²) in [4.78, 5) is 0. The van der Waals surface area contributed by atoms with Crippen molar-refractivity contribution in [1.82, 2.24) is 0 Å². The molecule has 8 rings (SSSR count). The van der Waals surface area contributed by atoms with Crippen LogP contribution in [0.15, 0.2) is 146 Å². The SMILES string of the molecule is CC1(C)c2cc(-c3ccccc3)ccc2-c2cc3c(-c4ccccc4)c4ccccc4c(-c4ccccc4)c3cc21. The van der Waals surface area contributed by atoms with Crippen LogP contribution in [-0.2, 0) is 5.41 Å². The van der Waals surface area contributed by atoms with E-state index in [9.17, 15) is 0 Å². The molecule has 0 fully saturated rings. The van der Waals surface area contributed by atoms with Gasteiger partial charge in [-0.1, -0.05) is 141 Å². The van der Waals surface area contributed by atoms with Crippen LogP contribution in [0.5, 0.6) is 0 Å². The fraction of sp³-hybridized carbons (Fsp3) is 0.0732. The second kappa shape index (κ2) is 9.04. The Kier molecular flexibility index (Phi) is 5.27. The van der Waals surface area contributed by atoms with E-state index in [1.165, 1.54) is 77.2 Å². The van der Waals surface area contributed by atoms with E-state index in [0.29, 0.717) is 0 Å². The van der Waals surface area contributed by atoms with Gasteiger partial charge in [0.2, 0.25) is 0 Å². The molecular weight excluding hydrogens is 492 g/mol. The van der Waals surface area contributed by atoms with E-state index in [1.807, 2.05) is 0 Å². The molecule has 0 heterocycles. The van der Waals surface area contributed by atoms with E-state index < -0.39 is 0 Å². The highest BCUT2D eigenvalue weighted by atomic mass is 14.4. The topological polar surface area (TPSA) is 0 Å². The molecule has 0 aromatic heterocycles. The molecule has 1 aliphatic carbocycles. The molecule has 41 heavy (non-hydrogen) atoms. The van der Waals surface area contributed by atoms with Crippen LogP contribution in [0, 0.1) is 0 Å². The highest BCUT2D eigenvalue weighted by Crippen LogP contribution is 2.53. The van der Waals surface area contributed by atoms with E-state index in [-0.39, 0.29) is 5.41 Å². The predicted octanol–water partition coefficient (Wildman–Crippen LogP) is 11.3. The first kappa shape index (κ1) is 23.9. The lowest BCUT2D eigenvalue weighted by Crippen LogP contribution is -2.15. The summed E-state index contributed by atoms with van der Waals surface area (Å²) >= 11 is 0. The largest absolute Gasteiger partial charge is 0.0622 e. The first-order valence-electron chi connectivity index (χ1n) is 14.5. The summed E-state index contributed by atoms with van der Waals surface area (Å²) in [6, 6.07) is 53.5. The normalized spacial score (nSPS) is 13.3. The third kappa shape index (κ3) is 3.61. The second-order valence-electron chi connectivity index (χ2n) is 11.7. The van der Waals surface area contributed by atoms with Gasteiger partial charge in [-0.15, -0.1) is 0 Å². The van der Waals surface area contributed by atoms with Crippen LogP contribution in [0.3, 0.4) is 0 Å². The summed E-state index contributed by atoms with van der Waals surface area (Å²) in [6.07, 6.45) is 0. The molecular formula is C41H30. The van der Waals surface area contributed by atoms with Gasteiger partial charge in [0.1, 0.15) is 0 Å². The molecule has 0 aliphatic heterocycles. The minimum Gasteiger partial charge on any atom is -0.0622 e. The maximum absolute atomic E-state index is 2.51. The Bertz CT molecular complexity index is 2080. The Hall–Kier alpha value is -4.94. The van der Waals surface area contributed by atoms with Crippen molar-refractivity contribution in [3.05, 3.63) is 157 Å². The molecule has 0 amide bonds. The third-order valence-corrected chi connectivity index (χ3v) is 9.05. The van der Waals surface area contributed by atoms with Crippen LogP contribution in [0.2, 0.25) is 0 Å². The predicted molar refractivity (Wildman–Crippen MR) is 175 cm³/mol. The van der Waals surface area contributed by atoms with Gasteiger partial charge in [0.05, 0.1) is 0 Å². The Morgan fingerprint density at radius 1 is 0.341 bits per heavy atom. The molecule has 194 valence electrons. The summed E-state index contributed by atoms with van der Waals surface area (Å²) in [5.74, 6) is 0. The van der Waals surface area contributed by atoms with Gasteiger partial charge in [0.15, 0.2) is 0 Å². The van der Waals surface area contributed by atoms with E-state index in [1.54, 1.807) is 0 Å². The van der Waals surface area contributed by atoms with Crippen molar-refractivity contribution in [1.29, 1.82) is 0 Å². The highest BCUT2D eigenvalue weighted by molar-refractivity contribution is 6.22. The minimum atomic E-state index is -0.115. The highest BCUT2D eigenvalue weighted by Gasteiger charge is 2.36. The van der Waals surface area contributed by atoms with Gasteiger partial charge in [-0.05, 0) is 95.4 Å². The second-order valence-corrected chi connectivity index (χ2v) is 11.7. The van der Waals surface area contributed by atoms with Crippen molar-refractivity contribution in [2.24, 2.45) is 0 Å². The molecule has 0 N–H and O–H groups in total. The first-order chi connectivity index (χ1) is 20.1. The molecule has 0 bridgehead atoms. The fourth-order valence-electron chi connectivity index (χ4n) is 7.05. The minimum absolute atomic E-state index is 0.115. The molecule has 0 spiro atoms. The lowest BCUT2D eigenvalue weighted by atomic mass is 9.79. The summed E-state index contributed by atoms with van der Waals surface area (Å²) in [5.41, 5.74) is 13.1. The first-order valence-corrected chi connectivity index (χ1v) is 14.5. The van der Waals surface area contributed by atoms with Crippen LogP contribution < -0.4 is 0 Å². The van der Waals surface area contributed by atoms with E-state index >= 15 is 0 Å². The maximum Gasteiger partial charge on any atom is 0.0159 e. The molecule has 7 aromatic rings. The van der Waals surface area contributed by atoms with E-state index in [4.69, 9.17) is 0 Å². The van der Waals surface area contributed by atoms with Crippen molar-refractivity contribution in [3.8, 4) is 44.5 Å². The number of rotatable bonds is 3. The van der Waals surface area contributed by atoms with Gasteiger partial charge in [-0.2, -0.15) is 0 Å². The zero-order chi connectivity index (χ0) is 27.6. The average Bonchev–Trinajstić information content (AvgIpc) is 3.25. The Labute approximate surface area is 241 Å². The van der Waals surface area contributed by atoms with Crippen LogP contribution in [-0.4, -0.2) is 0 Å². The molecule has 0 nitrogen and oxygen atoms in total. The third-order valence-electron chi connectivity index (χ3n) is 9.05. The molecule has 0 saturated heterocycles. The standard InChI is InChI=1S/C41H30/c1-41(2)37-24-30(27-14-6-3-7-15-27)22-23-31(37)34-25-35-36(26-38(34)41)40(29-18-10-5-11-19-29)33-21-13-12-20-32(33)39(35)28-16-8-4-9-17-28/h3-26H,1-2H3. The zero-order valence-corrected chi connectivity index (χ0v) is 23.4. The number of hydrogen-bond acceptors (Lipinski definition) is 0. The molecule has 7 aromatic carbocycles. The van der Waals surface area contributed by atoms with E-state index in [0.717, 1.165) is 0 Å². The number of benzene rings is 7. The summed E-state index contributed by atoms with van der Waals surface area (Å²) in [6.45, 7) is 4.78. The zero-order valence-electron chi connectivity index (χ0n) is 23.4. The molecule has 0 unspecified atom stereocenters.